The average Bonchev–Trinajstić information content (AvgIpc) is 2.35. The minimum Gasteiger partial charge on any atom is -0.390 e. The topological polar surface area (TPSA) is 69.6 Å². The number of amides is 1. The van der Waals surface area contributed by atoms with Gasteiger partial charge in [-0.1, -0.05) is 17.7 Å². The summed E-state index contributed by atoms with van der Waals surface area (Å²) in [6, 6.07) is 1.92. The monoisotopic (exact) mass is 293 g/mol. The summed E-state index contributed by atoms with van der Waals surface area (Å²) in [5.74, 6) is -2.33. The third kappa shape index (κ3) is 4.12. The van der Waals surface area contributed by atoms with Gasteiger partial charge in [-0.2, -0.15) is 0 Å². The van der Waals surface area contributed by atoms with Crippen molar-refractivity contribution in [2.45, 2.75) is 25.6 Å². The van der Waals surface area contributed by atoms with Crippen molar-refractivity contribution in [3.8, 4) is 0 Å². The highest BCUT2D eigenvalue weighted by Gasteiger charge is 2.23. The van der Waals surface area contributed by atoms with E-state index in [9.17, 15) is 23.8 Å². The fraction of sp³-hybridized carbons (Fsp3) is 0.417. The van der Waals surface area contributed by atoms with Crippen LogP contribution in [0.5, 0.6) is 0 Å². The molecule has 7 heteroatoms. The van der Waals surface area contributed by atoms with Crippen LogP contribution in [0, 0.1) is 11.6 Å². The Bertz CT molecular complexity index is 471. The summed E-state index contributed by atoms with van der Waals surface area (Å²) in [5, 5.41) is 21.1. The minimum atomic E-state index is -1.55. The summed E-state index contributed by atoms with van der Waals surface area (Å²) in [5.41, 5.74) is -0.290. The van der Waals surface area contributed by atoms with Crippen molar-refractivity contribution in [1.29, 1.82) is 0 Å². The van der Waals surface area contributed by atoms with E-state index in [0.29, 0.717) is 0 Å². The van der Waals surface area contributed by atoms with Gasteiger partial charge in [0.2, 0.25) is 5.91 Å². The summed E-state index contributed by atoms with van der Waals surface area (Å²) in [7, 11) is 0. The molecule has 0 fully saturated rings. The van der Waals surface area contributed by atoms with E-state index in [1.54, 1.807) is 0 Å². The fourth-order valence-corrected chi connectivity index (χ4v) is 1.70. The predicted molar refractivity (Wildman–Crippen MR) is 65.6 cm³/mol. The Morgan fingerprint density at radius 1 is 1.42 bits per heavy atom. The third-order valence-electron chi connectivity index (χ3n) is 2.56. The molecule has 0 saturated carbocycles. The molecule has 0 aliphatic rings. The zero-order valence-corrected chi connectivity index (χ0v) is 10.9. The largest absolute Gasteiger partial charge is 0.390 e. The Kier molecular flexibility index (Phi) is 5.65. The van der Waals surface area contributed by atoms with E-state index in [1.165, 1.54) is 6.92 Å². The molecule has 2 atom stereocenters. The highest BCUT2D eigenvalue weighted by atomic mass is 35.5. The SMILES string of the molecule is CC(=O)NCCC(O)C(O)c1ccc(F)c(Cl)c1F. The first-order valence-corrected chi connectivity index (χ1v) is 5.96. The van der Waals surface area contributed by atoms with Crippen molar-refractivity contribution in [3.05, 3.63) is 34.4 Å². The van der Waals surface area contributed by atoms with Crippen molar-refractivity contribution in [1.82, 2.24) is 5.32 Å². The molecule has 0 aliphatic heterocycles. The molecule has 0 spiro atoms. The lowest BCUT2D eigenvalue weighted by Crippen LogP contribution is -2.28. The van der Waals surface area contributed by atoms with Gasteiger partial charge in [0.1, 0.15) is 16.9 Å². The van der Waals surface area contributed by atoms with E-state index in [2.05, 4.69) is 5.32 Å². The Labute approximate surface area is 114 Å². The normalized spacial score (nSPS) is 14.0. The van der Waals surface area contributed by atoms with Crippen molar-refractivity contribution >= 4 is 17.5 Å². The van der Waals surface area contributed by atoms with Crippen LogP contribution in [-0.2, 0) is 4.79 Å². The Hall–Kier alpha value is -1.24. The second kappa shape index (κ2) is 6.79. The molecule has 0 saturated heterocycles. The molecule has 1 aromatic carbocycles. The lowest BCUT2D eigenvalue weighted by atomic mass is 10.0. The van der Waals surface area contributed by atoms with E-state index in [4.69, 9.17) is 11.6 Å². The molecule has 2 unspecified atom stereocenters. The smallest absolute Gasteiger partial charge is 0.216 e. The average molecular weight is 294 g/mol. The first kappa shape index (κ1) is 15.8. The summed E-state index contributed by atoms with van der Waals surface area (Å²) >= 11 is 5.38. The second-order valence-electron chi connectivity index (χ2n) is 4.05. The van der Waals surface area contributed by atoms with Gasteiger partial charge in [0.05, 0.1) is 6.10 Å². The summed E-state index contributed by atoms with van der Waals surface area (Å²) in [4.78, 5) is 10.6. The van der Waals surface area contributed by atoms with Crippen molar-refractivity contribution in [3.63, 3.8) is 0 Å². The van der Waals surface area contributed by atoms with Gasteiger partial charge in [-0.15, -0.1) is 0 Å². The van der Waals surface area contributed by atoms with Gasteiger partial charge >= 0.3 is 0 Å². The van der Waals surface area contributed by atoms with Gasteiger partial charge < -0.3 is 15.5 Å². The minimum absolute atomic E-state index is 0.0230. The molecule has 0 bridgehead atoms. The van der Waals surface area contributed by atoms with Crippen LogP contribution in [0.4, 0.5) is 8.78 Å². The van der Waals surface area contributed by atoms with Gasteiger partial charge in [-0.25, -0.2) is 8.78 Å². The highest BCUT2D eigenvalue weighted by Crippen LogP contribution is 2.28. The summed E-state index contributed by atoms with van der Waals surface area (Å²) in [6.45, 7) is 1.44. The molecule has 4 nitrogen and oxygen atoms in total. The molecule has 1 aromatic rings. The van der Waals surface area contributed by atoms with Gasteiger partial charge in [-0.05, 0) is 12.5 Å². The van der Waals surface area contributed by atoms with E-state index < -0.39 is 28.9 Å². The quantitative estimate of drug-likeness (QED) is 0.721. The van der Waals surface area contributed by atoms with Gasteiger partial charge in [0.25, 0.3) is 0 Å². The van der Waals surface area contributed by atoms with Gasteiger partial charge in [0.15, 0.2) is 5.82 Å². The maximum atomic E-state index is 13.6. The Morgan fingerprint density at radius 2 is 2.05 bits per heavy atom. The highest BCUT2D eigenvalue weighted by molar-refractivity contribution is 6.30. The summed E-state index contributed by atoms with van der Waals surface area (Å²) < 4.78 is 26.6. The Balaban J connectivity index is 2.74. The molecule has 0 aromatic heterocycles. The van der Waals surface area contributed by atoms with Crippen molar-refractivity contribution in [2.75, 3.05) is 6.54 Å². The van der Waals surface area contributed by atoms with E-state index >= 15 is 0 Å². The number of hydrogen-bond acceptors (Lipinski definition) is 3. The lowest BCUT2D eigenvalue weighted by Gasteiger charge is -2.19. The van der Waals surface area contributed by atoms with E-state index in [1.807, 2.05) is 0 Å². The molecule has 0 heterocycles. The number of hydrogen-bond donors (Lipinski definition) is 3. The number of rotatable bonds is 5. The fourth-order valence-electron chi connectivity index (χ4n) is 1.53. The molecule has 1 rings (SSSR count). The molecule has 0 radical (unpaired) electrons. The molecule has 19 heavy (non-hydrogen) atoms. The van der Waals surface area contributed by atoms with E-state index in [0.717, 1.165) is 12.1 Å². The van der Waals surface area contributed by atoms with Crippen molar-refractivity contribution in [2.24, 2.45) is 0 Å². The number of aliphatic hydroxyl groups excluding tert-OH is 2. The third-order valence-corrected chi connectivity index (χ3v) is 2.91. The number of aliphatic hydroxyl groups is 2. The first-order chi connectivity index (χ1) is 8.84. The molecule has 0 aliphatic carbocycles. The molecule has 1 amide bonds. The van der Waals surface area contributed by atoms with Crippen LogP contribution >= 0.6 is 11.6 Å². The van der Waals surface area contributed by atoms with Gasteiger partial charge in [-0.3, -0.25) is 4.79 Å². The second-order valence-corrected chi connectivity index (χ2v) is 4.43. The first-order valence-electron chi connectivity index (χ1n) is 5.58. The van der Waals surface area contributed by atoms with E-state index in [-0.39, 0.29) is 24.4 Å². The molecule has 106 valence electrons. The Morgan fingerprint density at radius 3 is 2.63 bits per heavy atom. The number of nitrogens with one attached hydrogen (secondary N) is 1. The van der Waals surface area contributed by atoms with Crippen LogP contribution in [-0.4, -0.2) is 28.8 Å². The molecule has 3 N–H and O–H groups in total. The molecular weight excluding hydrogens is 280 g/mol. The predicted octanol–water partition coefficient (Wildman–Crippen LogP) is 1.54. The number of halogens is 3. The van der Waals surface area contributed by atoms with Crippen LogP contribution in [0.25, 0.3) is 0 Å². The van der Waals surface area contributed by atoms with Crippen LogP contribution in [0.3, 0.4) is 0 Å². The number of carbonyl (C=O) groups is 1. The summed E-state index contributed by atoms with van der Waals surface area (Å²) in [6.07, 6.45) is -2.83. The molecular formula is C12H14ClF2NO3. The van der Waals surface area contributed by atoms with Crippen LogP contribution in [0.15, 0.2) is 12.1 Å². The van der Waals surface area contributed by atoms with Gasteiger partial charge in [0, 0.05) is 19.0 Å². The maximum Gasteiger partial charge on any atom is 0.216 e. The zero-order chi connectivity index (χ0) is 14.6. The number of benzene rings is 1. The maximum absolute atomic E-state index is 13.6. The van der Waals surface area contributed by atoms with Crippen molar-refractivity contribution < 1.29 is 23.8 Å². The van der Waals surface area contributed by atoms with Crippen LogP contribution in [0.1, 0.15) is 25.0 Å². The zero-order valence-electron chi connectivity index (χ0n) is 10.2. The van der Waals surface area contributed by atoms with Crippen LogP contribution < -0.4 is 5.32 Å². The number of carbonyl (C=O) groups excluding carboxylic acids is 1. The lowest BCUT2D eigenvalue weighted by molar-refractivity contribution is -0.119. The standard InChI is InChI=1S/C12H14ClF2NO3/c1-6(17)16-5-4-9(18)12(19)7-2-3-8(14)10(13)11(7)15/h2-3,9,12,18-19H,4-5H2,1H3,(H,16,17). The van der Waals surface area contributed by atoms with Crippen LogP contribution in [0.2, 0.25) is 5.02 Å².